The zero-order valence-corrected chi connectivity index (χ0v) is 11.6. The first-order valence-electron chi connectivity index (χ1n) is 6.38. The van der Waals surface area contributed by atoms with Crippen molar-refractivity contribution in [3.05, 3.63) is 65.7 Å². The monoisotopic (exact) mass is 267 g/mol. The maximum absolute atomic E-state index is 12.1. The lowest BCUT2D eigenvalue weighted by atomic mass is 10.1. The Morgan fingerprint density at radius 1 is 1.05 bits per heavy atom. The molecule has 0 saturated heterocycles. The first-order chi connectivity index (χ1) is 9.69. The summed E-state index contributed by atoms with van der Waals surface area (Å²) in [6, 6.07) is 17.0. The van der Waals surface area contributed by atoms with E-state index in [4.69, 9.17) is 4.74 Å². The van der Waals surface area contributed by atoms with E-state index >= 15 is 0 Å². The maximum atomic E-state index is 12.1. The summed E-state index contributed by atoms with van der Waals surface area (Å²) >= 11 is 0. The van der Waals surface area contributed by atoms with Crippen molar-refractivity contribution in [2.75, 3.05) is 12.4 Å². The van der Waals surface area contributed by atoms with Gasteiger partial charge >= 0.3 is 0 Å². The molecule has 0 unspecified atom stereocenters. The SMILES string of the molecule is COc1ccc(NC(=O)C(C)=Cc2ccccc2)cc1. The van der Waals surface area contributed by atoms with Gasteiger partial charge in [0, 0.05) is 11.3 Å². The lowest BCUT2D eigenvalue weighted by Crippen LogP contribution is -2.12. The fraction of sp³-hybridized carbons (Fsp3) is 0.118. The Balaban J connectivity index is 2.05. The van der Waals surface area contributed by atoms with Gasteiger partial charge in [0.05, 0.1) is 7.11 Å². The van der Waals surface area contributed by atoms with Crippen LogP contribution in [0.3, 0.4) is 0 Å². The molecule has 0 aromatic heterocycles. The van der Waals surface area contributed by atoms with Crippen LogP contribution in [0.25, 0.3) is 6.08 Å². The van der Waals surface area contributed by atoms with Crippen LogP contribution in [0.15, 0.2) is 60.2 Å². The van der Waals surface area contributed by atoms with Gasteiger partial charge in [0.1, 0.15) is 5.75 Å². The molecule has 1 N–H and O–H groups in total. The minimum absolute atomic E-state index is 0.112. The summed E-state index contributed by atoms with van der Waals surface area (Å²) < 4.78 is 5.08. The molecule has 3 heteroatoms. The Morgan fingerprint density at radius 2 is 1.70 bits per heavy atom. The molecule has 0 radical (unpaired) electrons. The highest BCUT2D eigenvalue weighted by Crippen LogP contribution is 2.16. The van der Waals surface area contributed by atoms with Gasteiger partial charge in [-0.25, -0.2) is 0 Å². The molecule has 20 heavy (non-hydrogen) atoms. The van der Waals surface area contributed by atoms with Crippen molar-refractivity contribution in [1.82, 2.24) is 0 Å². The second-order valence-corrected chi connectivity index (χ2v) is 4.42. The van der Waals surface area contributed by atoms with E-state index in [-0.39, 0.29) is 5.91 Å². The molecular weight excluding hydrogens is 250 g/mol. The lowest BCUT2D eigenvalue weighted by Gasteiger charge is -2.06. The molecule has 0 aliphatic rings. The number of hydrogen-bond donors (Lipinski definition) is 1. The van der Waals surface area contributed by atoms with Crippen LogP contribution < -0.4 is 10.1 Å². The molecule has 2 aromatic carbocycles. The summed E-state index contributed by atoms with van der Waals surface area (Å²) in [4.78, 5) is 12.1. The highest BCUT2D eigenvalue weighted by Gasteiger charge is 2.05. The molecule has 0 heterocycles. The molecule has 1 amide bonds. The molecule has 0 fully saturated rings. The molecule has 0 aliphatic carbocycles. The molecular formula is C17H17NO2. The van der Waals surface area contributed by atoms with Gasteiger partial charge in [0.2, 0.25) is 0 Å². The predicted molar refractivity (Wildman–Crippen MR) is 81.7 cm³/mol. The molecule has 3 nitrogen and oxygen atoms in total. The van der Waals surface area contributed by atoms with Gasteiger partial charge in [-0.2, -0.15) is 0 Å². The van der Waals surface area contributed by atoms with Crippen LogP contribution in [0.5, 0.6) is 5.75 Å². The number of anilines is 1. The lowest BCUT2D eigenvalue weighted by molar-refractivity contribution is -0.112. The van der Waals surface area contributed by atoms with Crippen LogP contribution in [0.2, 0.25) is 0 Å². The molecule has 0 bridgehead atoms. The first kappa shape index (κ1) is 13.9. The van der Waals surface area contributed by atoms with Crippen LogP contribution in [-0.2, 0) is 4.79 Å². The van der Waals surface area contributed by atoms with Gasteiger partial charge in [-0.15, -0.1) is 0 Å². The van der Waals surface area contributed by atoms with Gasteiger partial charge in [-0.3, -0.25) is 4.79 Å². The fourth-order valence-corrected chi connectivity index (χ4v) is 1.77. The average Bonchev–Trinajstić information content (AvgIpc) is 2.49. The Morgan fingerprint density at radius 3 is 2.30 bits per heavy atom. The van der Waals surface area contributed by atoms with Crippen molar-refractivity contribution in [1.29, 1.82) is 0 Å². The minimum atomic E-state index is -0.112. The van der Waals surface area contributed by atoms with E-state index in [2.05, 4.69) is 5.32 Å². The number of benzene rings is 2. The van der Waals surface area contributed by atoms with Crippen LogP contribution in [0.4, 0.5) is 5.69 Å². The Kier molecular flexibility index (Phi) is 4.56. The molecule has 0 spiro atoms. The third kappa shape index (κ3) is 3.72. The number of carbonyl (C=O) groups is 1. The van der Waals surface area contributed by atoms with Crippen LogP contribution >= 0.6 is 0 Å². The smallest absolute Gasteiger partial charge is 0.251 e. The summed E-state index contributed by atoms with van der Waals surface area (Å²) in [7, 11) is 1.61. The summed E-state index contributed by atoms with van der Waals surface area (Å²) in [6.07, 6.45) is 1.86. The Bertz CT molecular complexity index is 601. The quantitative estimate of drug-likeness (QED) is 0.857. The first-order valence-corrected chi connectivity index (χ1v) is 6.38. The zero-order valence-electron chi connectivity index (χ0n) is 11.6. The molecule has 102 valence electrons. The van der Waals surface area contributed by atoms with Crippen molar-refractivity contribution in [2.45, 2.75) is 6.92 Å². The number of carbonyl (C=O) groups excluding carboxylic acids is 1. The van der Waals surface area contributed by atoms with E-state index in [1.807, 2.05) is 60.7 Å². The summed E-state index contributed by atoms with van der Waals surface area (Å²) in [6.45, 7) is 1.80. The topological polar surface area (TPSA) is 38.3 Å². The average molecular weight is 267 g/mol. The van der Waals surface area contributed by atoms with Crippen molar-refractivity contribution in [3.8, 4) is 5.75 Å². The molecule has 2 aromatic rings. The third-order valence-corrected chi connectivity index (χ3v) is 2.89. The minimum Gasteiger partial charge on any atom is -0.497 e. The molecule has 0 atom stereocenters. The summed E-state index contributed by atoms with van der Waals surface area (Å²) in [5.41, 5.74) is 2.42. The predicted octanol–water partition coefficient (Wildman–Crippen LogP) is 3.74. The van der Waals surface area contributed by atoms with Gasteiger partial charge in [-0.1, -0.05) is 30.3 Å². The van der Waals surface area contributed by atoms with Crippen molar-refractivity contribution < 1.29 is 9.53 Å². The highest BCUT2D eigenvalue weighted by atomic mass is 16.5. The van der Waals surface area contributed by atoms with E-state index in [0.29, 0.717) is 5.57 Å². The van der Waals surface area contributed by atoms with Crippen molar-refractivity contribution in [2.24, 2.45) is 0 Å². The van der Waals surface area contributed by atoms with Crippen LogP contribution in [0, 0.1) is 0 Å². The van der Waals surface area contributed by atoms with Gasteiger partial charge in [0.25, 0.3) is 5.91 Å². The highest BCUT2D eigenvalue weighted by molar-refractivity contribution is 6.06. The van der Waals surface area contributed by atoms with E-state index in [0.717, 1.165) is 17.0 Å². The normalized spacial score (nSPS) is 11.0. The second kappa shape index (κ2) is 6.57. The van der Waals surface area contributed by atoms with Crippen molar-refractivity contribution >= 4 is 17.7 Å². The number of nitrogens with one attached hydrogen (secondary N) is 1. The van der Waals surface area contributed by atoms with E-state index < -0.39 is 0 Å². The molecule has 0 saturated carbocycles. The number of amides is 1. The largest absolute Gasteiger partial charge is 0.497 e. The summed E-state index contributed by atoms with van der Waals surface area (Å²) in [5.74, 6) is 0.651. The van der Waals surface area contributed by atoms with Crippen LogP contribution in [0.1, 0.15) is 12.5 Å². The zero-order chi connectivity index (χ0) is 14.4. The van der Waals surface area contributed by atoms with Crippen LogP contribution in [-0.4, -0.2) is 13.0 Å². The van der Waals surface area contributed by atoms with E-state index in [9.17, 15) is 4.79 Å². The van der Waals surface area contributed by atoms with Gasteiger partial charge < -0.3 is 10.1 Å². The van der Waals surface area contributed by atoms with E-state index in [1.165, 1.54) is 0 Å². The van der Waals surface area contributed by atoms with Gasteiger partial charge in [0.15, 0.2) is 0 Å². The third-order valence-electron chi connectivity index (χ3n) is 2.89. The van der Waals surface area contributed by atoms with Gasteiger partial charge in [-0.05, 0) is 42.8 Å². The standard InChI is InChI=1S/C17H17NO2/c1-13(12-14-6-4-3-5-7-14)17(19)18-15-8-10-16(20-2)11-9-15/h3-12H,1-2H3,(H,18,19). The fourth-order valence-electron chi connectivity index (χ4n) is 1.77. The van der Waals surface area contributed by atoms with E-state index in [1.54, 1.807) is 14.0 Å². The molecule has 0 aliphatic heterocycles. The second-order valence-electron chi connectivity index (χ2n) is 4.42. The number of hydrogen-bond acceptors (Lipinski definition) is 2. The maximum Gasteiger partial charge on any atom is 0.251 e. The summed E-state index contributed by atoms with van der Waals surface area (Å²) in [5, 5.41) is 2.85. The number of rotatable bonds is 4. The van der Waals surface area contributed by atoms with Crippen molar-refractivity contribution in [3.63, 3.8) is 0 Å². The Hall–Kier alpha value is -2.55. The molecule has 2 rings (SSSR count). The number of methoxy groups -OCH3 is 1. The Labute approximate surface area is 118 Å². The number of ether oxygens (including phenoxy) is 1.